The zero-order valence-electron chi connectivity index (χ0n) is 19.6. The molecule has 3 aromatic carbocycles. The van der Waals surface area contributed by atoms with Crippen molar-refractivity contribution in [1.82, 2.24) is 0 Å². The first-order valence-electron chi connectivity index (χ1n) is 10.9. The fourth-order valence-electron chi connectivity index (χ4n) is 3.20. The van der Waals surface area contributed by atoms with Crippen LogP contribution >= 0.6 is 0 Å². The maximum absolute atomic E-state index is 12.1. The van der Waals surface area contributed by atoms with Gasteiger partial charge < -0.3 is 30.4 Å². The van der Waals surface area contributed by atoms with E-state index < -0.39 is 11.9 Å². The second kappa shape index (κ2) is 12.5. The number of ether oxygens (including phenoxy) is 4. The summed E-state index contributed by atoms with van der Waals surface area (Å²) in [5.41, 5.74) is 14.6. The van der Waals surface area contributed by atoms with E-state index in [4.69, 9.17) is 35.7 Å². The van der Waals surface area contributed by atoms with Crippen LogP contribution in [-0.4, -0.2) is 25.7 Å². The highest BCUT2D eigenvalue weighted by Crippen LogP contribution is 2.29. The van der Waals surface area contributed by atoms with E-state index in [1.807, 2.05) is 30.3 Å². The lowest BCUT2D eigenvalue weighted by Crippen LogP contribution is -2.11. The number of anilines is 2. The molecular weight excluding hydrogens is 462 g/mol. The number of hydrogen-bond donors (Lipinski definition) is 2. The van der Waals surface area contributed by atoms with Crippen LogP contribution in [0.5, 0.6) is 17.2 Å². The third-order valence-electron chi connectivity index (χ3n) is 5.01. The summed E-state index contributed by atoms with van der Waals surface area (Å²) >= 11 is 0. The molecule has 0 saturated heterocycles. The summed E-state index contributed by atoms with van der Waals surface area (Å²) in [6.07, 6.45) is 4.84. The standard InChI is InChI=1S/C27H25N3O6/c1-33-24-15-20(18-6-10-22(11-7-18)35-17-28)5-4-19(24)8-13-26(31)34-14-2-3-27(32)36-25-16-21(29)9-12-23(25)30/h4-13,15-16H,2-3,14,29-30H2,1H3/b13-8+. The minimum absolute atomic E-state index is 0.0458. The van der Waals surface area contributed by atoms with Crippen LogP contribution in [0.2, 0.25) is 0 Å². The van der Waals surface area contributed by atoms with E-state index in [2.05, 4.69) is 0 Å². The monoisotopic (exact) mass is 487 g/mol. The molecule has 0 fully saturated rings. The van der Waals surface area contributed by atoms with Crippen molar-refractivity contribution in [3.05, 3.63) is 72.3 Å². The van der Waals surface area contributed by atoms with Crippen molar-refractivity contribution in [2.75, 3.05) is 25.2 Å². The van der Waals surface area contributed by atoms with Crippen LogP contribution in [-0.2, 0) is 14.3 Å². The Kier molecular flexibility index (Phi) is 8.89. The van der Waals surface area contributed by atoms with E-state index in [0.29, 0.717) is 28.4 Å². The van der Waals surface area contributed by atoms with Gasteiger partial charge in [-0.25, -0.2) is 4.79 Å². The third-order valence-corrected chi connectivity index (χ3v) is 5.01. The van der Waals surface area contributed by atoms with E-state index in [-0.39, 0.29) is 25.2 Å². The quantitative estimate of drug-likeness (QED) is 0.106. The van der Waals surface area contributed by atoms with Crippen molar-refractivity contribution in [3.63, 3.8) is 0 Å². The van der Waals surface area contributed by atoms with Crippen LogP contribution in [0.15, 0.2) is 66.7 Å². The molecule has 0 aliphatic heterocycles. The van der Waals surface area contributed by atoms with E-state index in [0.717, 1.165) is 11.1 Å². The lowest BCUT2D eigenvalue weighted by molar-refractivity contribution is -0.140. The Morgan fingerprint density at radius 3 is 2.44 bits per heavy atom. The summed E-state index contributed by atoms with van der Waals surface area (Å²) in [6, 6.07) is 17.2. The normalized spacial score (nSPS) is 10.4. The number of methoxy groups -OCH3 is 1. The highest BCUT2D eigenvalue weighted by Gasteiger charge is 2.10. The second-order valence-corrected chi connectivity index (χ2v) is 7.55. The van der Waals surface area contributed by atoms with Crippen molar-refractivity contribution in [2.24, 2.45) is 0 Å². The van der Waals surface area contributed by atoms with Gasteiger partial charge in [-0.05, 0) is 54.0 Å². The summed E-state index contributed by atoms with van der Waals surface area (Å²) in [5, 5.41) is 8.59. The number of rotatable bonds is 10. The molecule has 0 radical (unpaired) electrons. The van der Waals surface area contributed by atoms with Gasteiger partial charge in [-0.15, -0.1) is 5.26 Å². The largest absolute Gasteiger partial charge is 0.496 e. The van der Waals surface area contributed by atoms with Crippen LogP contribution in [0.25, 0.3) is 17.2 Å². The molecule has 0 atom stereocenters. The van der Waals surface area contributed by atoms with Crippen molar-refractivity contribution < 1.29 is 28.5 Å². The van der Waals surface area contributed by atoms with Crippen molar-refractivity contribution in [2.45, 2.75) is 12.8 Å². The summed E-state index contributed by atoms with van der Waals surface area (Å²) < 4.78 is 20.6. The second-order valence-electron chi connectivity index (χ2n) is 7.55. The Bertz CT molecular complexity index is 1300. The predicted molar refractivity (Wildman–Crippen MR) is 135 cm³/mol. The van der Waals surface area contributed by atoms with Crippen molar-refractivity contribution >= 4 is 29.4 Å². The highest BCUT2D eigenvalue weighted by molar-refractivity contribution is 5.88. The van der Waals surface area contributed by atoms with Gasteiger partial charge in [0.15, 0.2) is 5.75 Å². The molecule has 9 nitrogen and oxygen atoms in total. The Balaban J connectivity index is 1.49. The zero-order chi connectivity index (χ0) is 25.9. The van der Waals surface area contributed by atoms with Gasteiger partial charge in [-0.3, -0.25) is 4.79 Å². The summed E-state index contributed by atoms with van der Waals surface area (Å²) in [7, 11) is 1.54. The van der Waals surface area contributed by atoms with Crippen LogP contribution in [0.4, 0.5) is 11.4 Å². The van der Waals surface area contributed by atoms with Gasteiger partial charge in [-0.1, -0.05) is 24.3 Å². The molecule has 0 unspecified atom stereocenters. The van der Waals surface area contributed by atoms with Crippen molar-refractivity contribution in [1.29, 1.82) is 5.26 Å². The molecular formula is C27H25N3O6. The van der Waals surface area contributed by atoms with Gasteiger partial charge in [0.1, 0.15) is 11.5 Å². The molecule has 0 aliphatic rings. The third kappa shape index (κ3) is 7.27. The maximum Gasteiger partial charge on any atom is 0.330 e. The minimum atomic E-state index is -0.553. The molecule has 0 spiro atoms. The molecule has 3 rings (SSSR count). The van der Waals surface area contributed by atoms with Gasteiger partial charge >= 0.3 is 11.9 Å². The maximum atomic E-state index is 12.1. The molecule has 36 heavy (non-hydrogen) atoms. The number of nitrogen functional groups attached to an aromatic ring is 2. The molecule has 0 bridgehead atoms. The number of carbonyl (C=O) groups is 2. The molecule has 0 aliphatic carbocycles. The number of nitrogens with two attached hydrogens (primary N) is 2. The molecule has 184 valence electrons. The average molecular weight is 488 g/mol. The molecule has 3 aromatic rings. The van der Waals surface area contributed by atoms with Crippen LogP contribution in [0.1, 0.15) is 18.4 Å². The molecule has 4 N–H and O–H groups in total. The summed E-state index contributed by atoms with van der Waals surface area (Å²) in [4.78, 5) is 24.0. The average Bonchev–Trinajstić information content (AvgIpc) is 2.88. The summed E-state index contributed by atoms with van der Waals surface area (Å²) in [6.45, 7) is 0.0479. The molecule has 0 aromatic heterocycles. The number of carbonyl (C=O) groups excluding carboxylic acids is 2. The van der Waals surface area contributed by atoms with E-state index in [9.17, 15) is 9.59 Å². The Hall–Kier alpha value is -4.97. The first-order chi connectivity index (χ1) is 17.4. The number of nitriles is 1. The molecule has 0 heterocycles. The van der Waals surface area contributed by atoms with Crippen LogP contribution in [0.3, 0.4) is 0 Å². The van der Waals surface area contributed by atoms with E-state index in [1.54, 1.807) is 36.6 Å². The highest BCUT2D eigenvalue weighted by atomic mass is 16.5. The number of benzene rings is 3. The molecule has 0 amide bonds. The topological polar surface area (TPSA) is 147 Å². The van der Waals surface area contributed by atoms with E-state index >= 15 is 0 Å². The predicted octanol–water partition coefficient (Wildman–Crippen LogP) is 4.33. The van der Waals surface area contributed by atoms with Crippen LogP contribution < -0.4 is 25.7 Å². The smallest absolute Gasteiger partial charge is 0.330 e. The Morgan fingerprint density at radius 1 is 0.972 bits per heavy atom. The number of nitrogens with zero attached hydrogens (tertiary/aromatic N) is 1. The number of esters is 2. The van der Waals surface area contributed by atoms with Crippen molar-refractivity contribution in [3.8, 4) is 34.6 Å². The molecule has 0 saturated carbocycles. The fraction of sp³-hybridized carbons (Fsp3) is 0.148. The van der Waals surface area contributed by atoms with Gasteiger partial charge in [0, 0.05) is 29.8 Å². The van der Waals surface area contributed by atoms with Crippen LogP contribution in [0, 0.1) is 11.5 Å². The first kappa shape index (κ1) is 25.6. The number of hydrogen-bond acceptors (Lipinski definition) is 9. The SMILES string of the molecule is COc1cc(-c2ccc(OC#N)cc2)ccc1/C=C/C(=O)OCCCC(=O)Oc1cc(N)ccc1N. The van der Waals surface area contributed by atoms with Gasteiger partial charge in [-0.2, -0.15) is 0 Å². The van der Waals surface area contributed by atoms with E-state index in [1.165, 1.54) is 19.3 Å². The summed E-state index contributed by atoms with van der Waals surface area (Å²) in [5.74, 6) is 0.162. The first-order valence-corrected chi connectivity index (χ1v) is 10.9. The fourth-order valence-corrected chi connectivity index (χ4v) is 3.20. The van der Waals surface area contributed by atoms with Gasteiger partial charge in [0.25, 0.3) is 6.26 Å². The van der Waals surface area contributed by atoms with Gasteiger partial charge in [0.05, 0.1) is 19.4 Å². The Morgan fingerprint density at radius 2 is 1.72 bits per heavy atom. The minimum Gasteiger partial charge on any atom is -0.496 e. The lowest BCUT2D eigenvalue weighted by Gasteiger charge is -2.09. The van der Waals surface area contributed by atoms with Gasteiger partial charge in [0.2, 0.25) is 0 Å². The lowest BCUT2D eigenvalue weighted by atomic mass is 10.0. The Labute approximate surface area is 208 Å². The zero-order valence-corrected chi connectivity index (χ0v) is 19.6. The molecule has 9 heteroatoms.